The van der Waals surface area contributed by atoms with Crippen molar-refractivity contribution in [1.29, 1.82) is 0 Å². The molecule has 0 aromatic carbocycles. The molecule has 154 valence electrons. The Hall–Kier alpha value is -1.07. The molecule has 0 aromatic heterocycles. The van der Waals surface area contributed by atoms with E-state index < -0.39 is 15.5 Å². The zero-order valence-corrected chi connectivity index (χ0v) is 16.6. The molecule has 0 spiro atoms. The van der Waals surface area contributed by atoms with Crippen molar-refractivity contribution in [2.24, 2.45) is 4.99 Å². The molecule has 1 fully saturated rings. The molecule has 0 aliphatic carbocycles. The van der Waals surface area contributed by atoms with Crippen molar-refractivity contribution in [3.05, 3.63) is 0 Å². The van der Waals surface area contributed by atoms with E-state index in [1.807, 2.05) is 14.0 Å². The minimum Gasteiger partial charge on any atom is -0.357 e. The third kappa shape index (κ3) is 6.58. The standard InChI is InChI=1S/C15H30F3N5O2S/c1-5-19-14(20-8-11-22(4)12(2)3)21-13-6-9-23(10-7-13)26(24,25)15(16,17)18/h12-13H,5-11H2,1-4H3,(H2,19,20,21). The van der Waals surface area contributed by atoms with E-state index in [4.69, 9.17) is 0 Å². The molecular weight excluding hydrogens is 371 g/mol. The van der Waals surface area contributed by atoms with E-state index in [0.29, 0.717) is 42.2 Å². The van der Waals surface area contributed by atoms with Crippen LogP contribution in [0.1, 0.15) is 33.6 Å². The highest BCUT2D eigenvalue weighted by Gasteiger charge is 2.50. The third-order valence-corrected chi connectivity index (χ3v) is 6.01. The Morgan fingerprint density at radius 3 is 2.35 bits per heavy atom. The van der Waals surface area contributed by atoms with Crippen LogP contribution < -0.4 is 10.6 Å². The van der Waals surface area contributed by atoms with Gasteiger partial charge < -0.3 is 15.5 Å². The number of hydrogen-bond donors (Lipinski definition) is 2. The number of alkyl halides is 3. The first-order chi connectivity index (χ1) is 12.0. The minimum atomic E-state index is -5.24. The highest BCUT2D eigenvalue weighted by atomic mass is 32.2. The average Bonchev–Trinajstić information content (AvgIpc) is 2.54. The van der Waals surface area contributed by atoms with Crippen LogP contribution in [-0.4, -0.2) is 80.9 Å². The summed E-state index contributed by atoms with van der Waals surface area (Å²) in [7, 11) is -3.23. The fraction of sp³-hybridized carbons (Fsp3) is 0.933. The number of piperidine rings is 1. The fourth-order valence-electron chi connectivity index (χ4n) is 2.48. The Labute approximate surface area is 154 Å². The Kier molecular flexibility index (Phi) is 8.61. The second-order valence-electron chi connectivity index (χ2n) is 6.60. The molecule has 0 radical (unpaired) electrons. The number of sulfonamides is 1. The summed E-state index contributed by atoms with van der Waals surface area (Å²) in [6.45, 7) is 7.83. The summed E-state index contributed by atoms with van der Waals surface area (Å²) in [5, 5.41) is 6.30. The first-order valence-electron chi connectivity index (χ1n) is 8.80. The smallest absolute Gasteiger partial charge is 0.357 e. The summed E-state index contributed by atoms with van der Waals surface area (Å²) >= 11 is 0. The highest BCUT2D eigenvalue weighted by molar-refractivity contribution is 7.90. The third-order valence-electron chi connectivity index (χ3n) is 4.38. The predicted octanol–water partition coefficient (Wildman–Crippen LogP) is 1.20. The van der Waals surface area contributed by atoms with Gasteiger partial charge in [-0.1, -0.05) is 0 Å². The molecule has 7 nitrogen and oxygen atoms in total. The zero-order valence-electron chi connectivity index (χ0n) is 15.8. The summed E-state index contributed by atoms with van der Waals surface area (Å²) < 4.78 is 61.2. The van der Waals surface area contributed by atoms with E-state index in [2.05, 4.69) is 34.4 Å². The lowest BCUT2D eigenvalue weighted by Crippen LogP contribution is -2.51. The Balaban J connectivity index is 2.57. The lowest BCUT2D eigenvalue weighted by molar-refractivity contribution is -0.0494. The van der Waals surface area contributed by atoms with Crippen molar-refractivity contribution < 1.29 is 21.6 Å². The molecule has 0 atom stereocenters. The number of aliphatic imine (C=N–C) groups is 1. The number of hydrogen-bond acceptors (Lipinski definition) is 4. The molecule has 1 heterocycles. The topological polar surface area (TPSA) is 77.0 Å². The van der Waals surface area contributed by atoms with Gasteiger partial charge in [0.15, 0.2) is 5.96 Å². The first-order valence-corrected chi connectivity index (χ1v) is 10.2. The fourth-order valence-corrected chi connectivity index (χ4v) is 3.46. The lowest BCUT2D eigenvalue weighted by atomic mass is 10.1. The van der Waals surface area contributed by atoms with Crippen molar-refractivity contribution in [2.75, 3.05) is 39.8 Å². The minimum absolute atomic E-state index is 0.115. The largest absolute Gasteiger partial charge is 0.511 e. The van der Waals surface area contributed by atoms with Crippen LogP contribution in [-0.2, 0) is 10.0 Å². The van der Waals surface area contributed by atoms with Gasteiger partial charge in [-0.05, 0) is 40.7 Å². The molecule has 2 N–H and O–H groups in total. The van der Waals surface area contributed by atoms with Crippen LogP contribution >= 0.6 is 0 Å². The maximum Gasteiger partial charge on any atom is 0.511 e. The zero-order chi connectivity index (χ0) is 20.0. The summed E-state index contributed by atoms with van der Waals surface area (Å²) in [6, 6.07) is 0.302. The molecule has 0 aromatic rings. The Morgan fingerprint density at radius 2 is 1.88 bits per heavy atom. The van der Waals surface area contributed by atoms with Crippen molar-refractivity contribution in [2.45, 2.75) is 51.2 Å². The van der Waals surface area contributed by atoms with Gasteiger partial charge in [-0.15, -0.1) is 0 Å². The molecule has 0 bridgehead atoms. The molecule has 11 heteroatoms. The van der Waals surface area contributed by atoms with Crippen LogP contribution in [0.2, 0.25) is 0 Å². The van der Waals surface area contributed by atoms with Crippen molar-refractivity contribution in [3.8, 4) is 0 Å². The number of rotatable bonds is 7. The second kappa shape index (κ2) is 9.75. The summed E-state index contributed by atoms with van der Waals surface area (Å²) in [4.78, 5) is 6.64. The normalized spacial score (nSPS) is 18.6. The molecule has 1 aliphatic rings. The van der Waals surface area contributed by atoms with Gasteiger partial charge in [-0.3, -0.25) is 4.99 Å². The van der Waals surface area contributed by atoms with E-state index in [1.54, 1.807) is 0 Å². The number of halogens is 3. The lowest BCUT2D eigenvalue weighted by Gasteiger charge is -2.32. The molecule has 1 rings (SSSR count). The molecule has 1 aliphatic heterocycles. The monoisotopic (exact) mass is 401 g/mol. The van der Waals surface area contributed by atoms with Gasteiger partial charge in [-0.2, -0.15) is 17.5 Å². The quantitative estimate of drug-likeness (QED) is 0.495. The van der Waals surface area contributed by atoms with Crippen molar-refractivity contribution in [3.63, 3.8) is 0 Å². The number of likely N-dealkylation sites (N-methyl/N-ethyl adjacent to an activating group) is 1. The summed E-state index contributed by atoms with van der Waals surface area (Å²) in [6.07, 6.45) is 0.594. The van der Waals surface area contributed by atoms with E-state index in [0.717, 1.165) is 6.54 Å². The second-order valence-corrected chi connectivity index (χ2v) is 8.53. The van der Waals surface area contributed by atoms with Crippen LogP contribution in [0.4, 0.5) is 13.2 Å². The Morgan fingerprint density at radius 1 is 1.31 bits per heavy atom. The van der Waals surface area contributed by atoms with Crippen molar-refractivity contribution >= 4 is 16.0 Å². The van der Waals surface area contributed by atoms with Crippen LogP contribution in [0.15, 0.2) is 4.99 Å². The van der Waals surface area contributed by atoms with Gasteiger partial charge in [0.2, 0.25) is 0 Å². The van der Waals surface area contributed by atoms with Crippen LogP contribution in [0, 0.1) is 0 Å². The highest BCUT2D eigenvalue weighted by Crippen LogP contribution is 2.28. The molecule has 0 saturated carbocycles. The average molecular weight is 401 g/mol. The van der Waals surface area contributed by atoms with Crippen LogP contribution in [0.25, 0.3) is 0 Å². The van der Waals surface area contributed by atoms with E-state index in [1.165, 1.54) is 0 Å². The number of nitrogens with one attached hydrogen (secondary N) is 2. The SMILES string of the molecule is CCNC(=NCCN(C)C(C)C)NC1CCN(S(=O)(=O)C(F)(F)F)CC1. The maximum atomic E-state index is 12.6. The number of guanidine groups is 1. The van der Waals surface area contributed by atoms with Gasteiger partial charge >= 0.3 is 15.5 Å². The first kappa shape index (κ1) is 23.0. The van der Waals surface area contributed by atoms with Gasteiger partial charge in [0.1, 0.15) is 0 Å². The summed E-state index contributed by atoms with van der Waals surface area (Å²) in [5.41, 5.74) is -5.24. The molecule has 26 heavy (non-hydrogen) atoms. The predicted molar refractivity (Wildman–Crippen MR) is 96.5 cm³/mol. The Bertz CT molecular complexity index is 558. The van der Waals surface area contributed by atoms with Crippen LogP contribution in [0.5, 0.6) is 0 Å². The molecule has 0 unspecified atom stereocenters. The van der Waals surface area contributed by atoms with Crippen molar-refractivity contribution in [1.82, 2.24) is 19.8 Å². The van der Waals surface area contributed by atoms with E-state index in [9.17, 15) is 21.6 Å². The van der Waals surface area contributed by atoms with Gasteiger partial charge in [0, 0.05) is 38.3 Å². The number of nitrogens with zero attached hydrogens (tertiary/aromatic N) is 3. The summed E-state index contributed by atoms with van der Waals surface area (Å²) in [5.74, 6) is 0.599. The van der Waals surface area contributed by atoms with Crippen LogP contribution in [0.3, 0.4) is 0 Å². The molecular formula is C15H30F3N5O2S. The van der Waals surface area contributed by atoms with Gasteiger partial charge in [0.25, 0.3) is 0 Å². The maximum absolute atomic E-state index is 12.6. The van der Waals surface area contributed by atoms with Gasteiger partial charge in [-0.25, -0.2) is 8.42 Å². The van der Waals surface area contributed by atoms with E-state index >= 15 is 0 Å². The van der Waals surface area contributed by atoms with Gasteiger partial charge in [0.05, 0.1) is 6.54 Å². The molecule has 0 amide bonds. The van der Waals surface area contributed by atoms with E-state index in [-0.39, 0.29) is 19.1 Å². The molecule has 1 saturated heterocycles.